The number of anilines is 2. The first-order valence-electron chi connectivity index (χ1n) is 7.85. The van der Waals surface area contributed by atoms with Crippen LogP contribution in [0.3, 0.4) is 0 Å². The zero-order chi connectivity index (χ0) is 20.4. The maximum Gasteiger partial charge on any atom is 0.277 e. The van der Waals surface area contributed by atoms with Crippen LogP contribution in [0.2, 0.25) is 0 Å². The molecular weight excluding hydrogens is 476 g/mol. The van der Waals surface area contributed by atoms with E-state index in [1.165, 1.54) is 13.8 Å². The second kappa shape index (κ2) is 8.44. The molecule has 0 saturated heterocycles. The fourth-order valence-electron chi connectivity index (χ4n) is 2.07. The molecule has 0 aromatic heterocycles. The number of aliphatic hydroxyl groups excluding tert-OH is 1. The molecule has 2 aromatic carbocycles. The summed E-state index contributed by atoms with van der Waals surface area (Å²) in [6.07, 6.45) is 0. The first-order chi connectivity index (χ1) is 12.6. The molecule has 0 aliphatic heterocycles. The summed E-state index contributed by atoms with van der Waals surface area (Å²) in [5, 5.41) is 11.8. The van der Waals surface area contributed by atoms with Crippen molar-refractivity contribution in [2.24, 2.45) is 0 Å². The van der Waals surface area contributed by atoms with E-state index in [0.29, 0.717) is 11.8 Å². The summed E-state index contributed by atoms with van der Waals surface area (Å²) in [5.41, 5.74) is 1.03. The van der Waals surface area contributed by atoms with Gasteiger partial charge in [0.1, 0.15) is 5.60 Å². The van der Waals surface area contributed by atoms with Crippen LogP contribution in [0.5, 0.6) is 0 Å². The third-order valence-corrected chi connectivity index (χ3v) is 4.33. The Morgan fingerprint density at radius 3 is 2.48 bits per heavy atom. The molecule has 0 radical (unpaired) electrons. The molecule has 146 valence electrons. The first kappa shape index (κ1) is 21.5. The molecule has 0 heterocycles. The van der Waals surface area contributed by atoms with E-state index in [0.717, 1.165) is 9.13 Å². The fourth-order valence-corrected chi connectivity index (χ4v) is 2.72. The van der Waals surface area contributed by atoms with Gasteiger partial charge in [-0.1, -0.05) is 0 Å². The number of aryl methyl sites for hydroxylation is 1. The van der Waals surface area contributed by atoms with Gasteiger partial charge in [0.25, 0.3) is 5.91 Å². The molecule has 2 aromatic rings. The van der Waals surface area contributed by atoms with Crippen molar-refractivity contribution >= 4 is 39.9 Å². The van der Waals surface area contributed by atoms with Crippen LogP contribution in [0.15, 0.2) is 24.3 Å². The van der Waals surface area contributed by atoms with Gasteiger partial charge < -0.3 is 10.4 Å². The average molecular weight is 494 g/mol. The number of hydrogen-bond acceptors (Lipinski definition) is 4. The molecule has 1 amide bonds. The molecule has 3 N–H and O–H groups in total. The molecule has 5 nitrogen and oxygen atoms in total. The zero-order valence-electron chi connectivity index (χ0n) is 14.8. The van der Waals surface area contributed by atoms with E-state index in [9.17, 15) is 18.0 Å². The number of benzene rings is 2. The van der Waals surface area contributed by atoms with Gasteiger partial charge in [0.2, 0.25) is 0 Å². The number of aliphatic hydroxyl groups is 1. The van der Waals surface area contributed by atoms with E-state index >= 15 is 0 Å². The van der Waals surface area contributed by atoms with Crippen molar-refractivity contribution in [3.8, 4) is 0 Å². The minimum atomic E-state index is -1.70. The molecule has 27 heavy (non-hydrogen) atoms. The molecule has 0 aliphatic rings. The van der Waals surface area contributed by atoms with Gasteiger partial charge >= 0.3 is 0 Å². The Bertz CT molecular complexity index is 875. The summed E-state index contributed by atoms with van der Waals surface area (Å²) in [6, 6.07) is 5.74. The molecule has 9 heteroatoms. The predicted octanol–water partition coefficient (Wildman–Crippen LogP) is 4.19. The summed E-state index contributed by atoms with van der Waals surface area (Å²) < 4.78 is 42.7. The van der Waals surface area contributed by atoms with Gasteiger partial charge in [-0.3, -0.25) is 9.63 Å². The fraction of sp³-hybridized carbons (Fsp3) is 0.278. The predicted molar refractivity (Wildman–Crippen MR) is 103 cm³/mol. The Kier molecular flexibility index (Phi) is 6.71. The largest absolute Gasteiger partial charge is 0.393 e. The van der Waals surface area contributed by atoms with E-state index in [1.54, 1.807) is 25.1 Å². The molecule has 0 spiro atoms. The van der Waals surface area contributed by atoms with Crippen molar-refractivity contribution in [1.82, 2.24) is 5.48 Å². The van der Waals surface area contributed by atoms with E-state index in [4.69, 9.17) is 9.94 Å². The Morgan fingerprint density at radius 1 is 1.22 bits per heavy atom. The zero-order valence-corrected chi connectivity index (χ0v) is 16.9. The summed E-state index contributed by atoms with van der Waals surface area (Å²) >= 11 is 2.10. The normalized spacial score (nSPS) is 11.4. The molecule has 0 aliphatic carbocycles. The standard InChI is InChI=1S/C18H18F3IN2O3/c1-9-6-10(22)4-5-13(9)23-16-11(7-12(19)14(20)15(16)21)17(26)24-27-18(2,3)8-25/h4-7,23,25H,8H2,1-3H3,(H,24,26). The van der Waals surface area contributed by atoms with Crippen LogP contribution < -0.4 is 10.8 Å². The maximum atomic E-state index is 14.4. The van der Waals surface area contributed by atoms with Gasteiger partial charge in [-0.25, -0.2) is 18.7 Å². The van der Waals surface area contributed by atoms with Crippen LogP contribution in [0.4, 0.5) is 24.5 Å². The van der Waals surface area contributed by atoms with Gasteiger partial charge in [0, 0.05) is 9.26 Å². The van der Waals surface area contributed by atoms with Crippen LogP contribution in [0, 0.1) is 27.9 Å². The second-order valence-electron chi connectivity index (χ2n) is 6.44. The highest BCUT2D eigenvalue weighted by atomic mass is 127. The Hall–Kier alpha value is -1.85. The Balaban J connectivity index is 2.43. The van der Waals surface area contributed by atoms with Crippen molar-refractivity contribution < 1.29 is 27.9 Å². The van der Waals surface area contributed by atoms with Gasteiger partial charge in [0.05, 0.1) is 17.9 Å². The third kappa shape index (κ3) is 5.11. The SMILES string of the molecule is Cc1cc(I)ccc1Nc1c(C(=O)NOC(C)(C)CO)cc(F)c(F)c1F. The second-order valence-corrected chi connectivity index (χ2v) is 7.69. The number of rotatable bonds is 6. The van der Waals surface area contributed by atoms with Crippen molar-refractivity contribution in [1.29, 1.82) is 0 Å². The van der Waals surface area contributed by atoms with Crippen molar-refractivity contribution in [3.63, 3.8) is 0 Å². The van der Waals surface area contributed by atoms with Crippen molar-refractivity contribution in [3.05, 3.63) is 56.4 Å². The summed E-state index contributed by atoms with van der Waals surface area (Å²) in [6.45, 7) is 4.32. The highest BCUT2D eigenvalue weighted by molar-refractivity contribution is 14.1. The van der Waals surface area contributed by atoms with Gasteiger partial charge in [-0.15, -0.1) is 0 Å². The van der Waals surface area contributed by atoms with Crippen LogP contribution in [0.1, 0.15) is 29.8 Å². The number of carbonyl (C=O) groups is 1. The minimum absolute atomic E-state index is 0.410. The first-order valence-corrected chi connectivity index (χ1v) is 8.93. The molecule has 0 unspecified atom stereocenters. The number of hydrogen-bond donors (Lipinski definition) is 3. The molecule has 0 bridgehead atoms. The number of amides is 1. The van der Waals surface area contributed by atoms with Gasteiger partial charge in [-0.05, 0) is 73.2 Å². The van der Waals surface area contributed by atoms with Crippen molar-refractivity contribution in [2.45, 2.75) is 26.4 Å². The Labute approximate surface area is 168 Å². The van der Waals surface area contributed by atoms with Crippen LogP contribution in [0.25, 0.3) is 0 Å². The summed E-state index contributed by atoms with van der Waals surface area (Å²) in [7, 11) is 0. The monoisotopic (exact) mass is 494 g/mol. The number of hydroxylamine groups is 1. The average Bonchev–Trinajstić information content (AvgIpc) is 2.61. The van der Waals surface area contributed by atoms with Crippen LogP contribution in [-0.4, -0.2) is 23.2 Å². The van der Waals surface area contributed by atoms with E-state index in [1.807, 2.05) is 5.48 Å². The van der Waals surface area contributed by atoms with E-state index in [2.05, 4.69) is 27.9 Å². The third-order valence-electron chi connectivity index (χ3n) is 3.66. The number of halogens is 4. The van der Waals surface area contributed by atoms with Gasteiger partial charge in [0.15, 0.2) is 17.5 Å². The molecule has 0 atom stereocenters. The lowest BCUT2D eigenvalue weighted by molar-refractivity contribution is -0.0956. The van der Waals surface area contributed by atoms with Crippen LogP contribution >= 0.6 is 22.6 Å². The van der Waals surface area contributed by atoms with Crippen molar-refractivity contribution in [2.75, 3.05) is 11.9 Å². The summed E-state index contributed by atoms with van der Waals surface area (Å²) in [4.78, 5) is 17.4. The topological polar surface area (TPSA) is 70.6 Å². The number of nitrogens with one attached hydrogen (secondary N) is 2. The summed E-state index contributed by atoms with van der Waals surface area (Å²) in [5.74, 6) is -5.74. The number of carbonyl (C=O) groups excluding carboxylic acids is 1. The Morgan fingerprint density at radius 2 is 1.89 bits per heavy atom. The molecular formula is C18H18F3IN2O3. The highest BCUT2D eigenvalue weighted by Crippen LogP contribution is 2.30. The lowest BCUT2D eigenvalue weighted by Crippen LogP contribution is -2.38. The van der Waals surface area contributed by atoms with E-state index in [-0.39, 0.29) is 0 Å². The van der Waals surface area contributed by atoms with E-state index < -0.39 is 46.8 Å². The highest BCUT2D eigenvalue weighted by Gasteiger charge is 2.25. The molecule has 0 fully saturated rings. The maximum absolute atomic E-state index is 14.4. The lowest BCUT2D eigenvalue weighted by atomic mass is 10.1. The smallest absolute Gasteiger partial charge is 0.277 e. The minimum Gasteiger partial charge on any atom is -0.393 e. The van der Waals surface area contributed by atoms with Gasteiger partial charge in [-0.2, -0.15) is 0 Å². The molecule has 0 saturated carbocycles. The quantitative estimate of drug-likeness (QED) is 0.320. The lowest BCUT2D eigenvalue weighted by Gasteiger charge is -2.22. The molecule has 2 rings (SSSR count). The van der Waals surface area contributed by atoms with Crippen LogP contribution in [-0.2, 0) is 4.84 Å².